The minimum atomic E-state index is -0.487. The first-order valence-electron chi connectivity index (χ1n) is 5.53. The van der Waals surface area contributed by atoms with Crippen LogP contribution in [-0.4, -0.2) is 0 Å². The van der Waals surface area contributed by atoms with Gasteiger partial charge in [-0.3, -0.25) is 0 Å². The summed E-state index contributed by atoms with van der Waals surface area (Å²) in [6.07, 6.45) is 0. The molecular formula is C14H12F3N. The Balaban J connectivity index is 2.18. The van der Waals surface area contributed by atoms with Crippen LogP contribution in [0.2, 0.25) is 0 Å². The number of halogens is 3. The molecule has 0 amide bonds. The minimum absolute atomic E-state index is 0.235. The molecule has 1 atom stereocenters. The third kappa shape index (κ3) is 2.83. The molecule has 0 fully saturated rings. The van der Waals surface area contributed by atoms with Gasteiger partial charge in [-0.05, 0) is 49.4 Å². The van der Waals surface area contributed by atoms with Gasteiger partial charge in [0.2, 0.25) is 0 Å². The third-order valence-corrected chi connectivity index (χ3v) is 2.65. The van der Waals surface area contributed by atoms with Gasteiger partial charge in [0.1, 0.15) is 17.5 Å². The Morgan fingerprint density at radius 1 is 0.889 bits per heavy atom. The van der Waals surface area contributed by atoms with Gasteiger partial charge in [-0.1, -0.05) is 0 Å². The predicted molar refractivity (Wildman–Crippen MR) is 64.8 cm³/mol. The van der Waals surface area contributed by atoms with Crippen molar-refractivity contribution in [2.24, 2.45) is 0 Å². The van der Waals surface area contributed by atoms with E-state index in [1.807, 2.05) is 0 Å². The second-order valence-corrected chi connectivity index (χ2v) is 4.04. The lowest BCUT2D eigenvalue weighted by molar-refractivity contribution is 0.577. The van der Waals surface area contributed by atoms with E-state index in [0.29, 0.717) is 5.69 Å². The molecule has 0 aliphatic heterocycles. The summed E-state index contributed by atoms with van der Waals surface area (Å²) in [5.74, 6) is -1.30. The van der Waals surface area contributed by atoms with E-state index in [0.717, 1.165) is 18.2 Å². The Kier molecular flexibility index (Phi) is 3.55. The zero-order valence-corrected chi connectivity index (χ0v) is 9.75. The maximum Gasteiger partial charge on any atom is 0.128 e. The molecule has 2 rings (SSSR count). The molecule has 2 aromatic carbocycles. The van der Waals surface area contributed by atoms with Crippen LogP contribution in [0.5, 0.6) is 0 Å². The topological polar surface area (TPSA) is 12.0 Å². The molecule has 18 heavy (non-hydrogen) atoms. The first-order chi connectivity index (χ1) is 8.56. The highest BCUT2D eigenvalue weighted by Gasteiger charge is 2.11. The average molecular weight is 251 g/mol. The molecule has 0 bridgehead atoms. The summed E-state index contributed by atoms with van der Waals surface area (Å²) in [6.45, 7) is 1.71. The van der Waals surface area contributed by atoms with Crippen LogP contribution in [0.4, 0.5) is 18.9 Å². The van der Waals surface area contributed by atoms with E-state index in [9.17, 15) is 13.2 Å². The lowest BCUT2D eigenvalue weighted by atomic mass is 10.1. The minimum Gasteiger partial charge on any atom is -0.378 e. The Hall–Kier alpha value is -1.97. The van der Waals surface area contributed by atoms with Crippen molar-refractivity contribution in [3.63, 3.8) is 0 Å². The van der Waals surface area contributed by atoms with Gasteiger partial charge in [0.25, 0.3) is 0 Å². The Bertz CT molecular complexity index is 537. The van der Waals surface area contributed by atoms with E-state index in [4.69, 9.17) is 0 Å². The van der Waals surface area contributed by atoms with Crippen molar-refractivity contribution in [3.8, 4) is 0 Å². The summed E-state index contributed by atoms with van der Waals surface area (Å²) in [6, 6.07) is 8.60. The van der Waals surface area contributed by atoms with Gasteiger partial charge in [-0.2, -0.15) is 0 Å². The van der Waals surface area contributed by atoms with Crippen molar-refractivity contribution in [1.82, 2.24) is 0 Å². The van der Waals surface area contributed by atoms with Crippen LogP contribution in [0.25, 0.3) is 0 Å². The second-order valence-electron chi connectivity index (χ2n) is 4.04. The highest BCUT2D eigenvalue weighted by atomic mass is 19.1. The highest BCUT2D eigenvalue weighted by molar-refractivity contribution is 5.45. The second kappa shape index (κ2) is 5.12. The number of anilines is 1. The van der Waals surface area contributed by atoms with Gasteiger partial charge >= 0.3 is 0 Å². The monoisotopic (exact) mass is 251 g/mol. The zero-order chi connectivity index (χ0) is 13.1. The number of hydrogen-bond acceptors (Lipinski definition) is 1. The van der Waals surface area contributed by atoms with Gasteiger partial charge in [-0.15, -0.1) is 0 Å². The summed E-state index contributed by atoms with van der Waals surface area (Å²) in [5, 5.41) is 2.98. The zero-order valence-electron chi connectivity index (χ0n) is 9.75. The summed E-state index contributed by atoms with van der Waals surface area (Å²) in [4.78, 5) is 0. The fourth-order valence-corrected chi connectivity index (χ4v) is 1.72. The van der Waals surface area contributed by atoms with Gasteiger partial charge < -0.3 is 5.32 Å². The maximum absolute atomic E-state index is 13.5. The van der Waals surface area contributed by atoms with Crippen molar-refractivity contribution in [2.75, 3.05) is 5.32 Å². The molecule has 94 valence electrons. The van der Waals surface area contributed by atoms with E-state index in [1.54, 1.807) is 19.1 Å². The number of rotatable bonds is 3. The van der Waals surface area contributed by atoms with Crippen LogP contribution >= 0.6 is 0 Å². The SMILES string of the molecule is CC(Nc1ccc(F)cc1)c1cc(F)ccc1F. The van der Waals surface area contributed by atoms with E-state index in [1.165, 1.54) is 12.1 Å². The Labute approximate surface area is 103 Å². The van der Waals surface area contributed by atoms with Crippen LogP contribution in [0.15, 0.2) is 42.5 Å². The van der Waals surface area contributed by atoms with E-state index < -0.39 is 17.7 Å². The molecule has 1 nitrogen and oxygen atoms in total. The van der Waals surface area contributed by atoms with Crippen molar-refractivity contribution in [3.05, 3.63) is 65.5 Å². The van der Waals surface area contributed by atoms with Crippen molar-refractivity contribution in [2.45, 2.75) is 13.0 Å². The molecule has 0 radical (unpaired) electrons. The summed E-state index contributed by atoms with van der Waals surface area (Å²) < 4.78 is 39.3. The lowest BCUT2D eigenvalue weighted by Gasteiger charge is -2.16. The summed E-state index contributed by atoms with van der Waals surface area (Å²) in [5.41, 5.74) is 0.881. The normalized spacial score (nSPS) is 12.2. The molecule has 0 saturated heterocycles. The van der Waals surface area contributed by atoms with Gasteiger partial charge in [0.15, 0.2) is 0 Å². The molecule has 4 heteroatoms. The molecule has 0 heterocycles. The first-order valence-corrected chi connectivity index (χ1v) is 5.53. The van der Waals surface area contributed by atoms with Gasteiger partial charge in [0.05, 0.1) is 6.04 Å². The molecule has 1 unspecified atom stereocenters. The molecular weight excluding hydrogens is 239 g/mol. The molecule has 0 aliphatic rings. The van der Waals surface area contributed by atoms with Crippen LogP contribution in [0.1, 0.15) is 18.5 Å². The van der Waals surface area contributed by atoms with E-state index >= 15 is 0 Å². The molecule has 0 aromatic heterocycles. The molecule has 0 saturated carbocycles. The van der Waals surface area contributed by atoms with Crippen molar-refractivity contribution >= 4 is 5.69 Å². The molecule has 1 N–H and O–H groups in total. The smallest absolute Gasteiger partial charge is 0.128 e. The Morgan fingerprint density at radius 3 is 2.17 bits per heavy atom. The van der Waals surface area contributed by atoms with Crippen LogP contribution in [0, 0.1) is 17.5 Å². The number of nitrogens with one attached hydrogen (secondary N) is 1. The van der Waals surface area contributed by atoms with Crippen LogP contribution in [-0.2, 0) is 0 Å². The summed E-state index contributed by atoms with van der Waals surface area (Å²) >= 11 is 0. The van der Waals surface area contributed by atoms with E-state index in [-0.39, 0.29) is 11.4 Å². The molecule has 0 spiro atoms. The fourth-order valence-electron chi connectivity index (χ4n) is 1.72. The fraction of sp³-hybridized carbons (Fsp3) is 0.143. The van der Waals surface area contributed by atoms with Crippen LogP contribution < -0.4 is 5.32 Å². The van der Waals surface area contributed by atoms with Crippen molar-refractivity contribution in [1.29, 1.82) is 0 Å². The molecule has 0 aliphatic carbocycles. The van der Waals surface area contributed by atoms with Crippen molar-refractivity contribution < 1.29 is 13.2 Å². The van der Waals surface area contributed by atoms with Crippen LogP contribution in [0.3, 0.4) is 0 Å². The standard InChI is InChI=1S/C14H12F3N/c1-9(13-8-11(16)4-7-14(13)17)18-12-5-2-10(15)3-6-12/h2-9,18H,1H3. The molecule has 2 aromatic rings. The van der Waals surface area contributed by atoms with E-state index in [2.05, 4.69) is 5.32 Å². The van der Waals surface area contributed by atoms with Gasteiger partial charge in [0, 0.05) is 11.3 Å². The first kappa shape index (κ1) is 12.5. The number of hydrogen-bond donors (Lipinski definition) is 1. The largest absolute Gasteiger partial charge is 0.378 e. The Morgan fingerprint density at radius 2 is 1.50 bits per heavy atom. The highest BCUT2D eigenvalue weighted by Crippen LogP contribution is 2.22. The predicted octanol–water partition coefficient (Wildman–Crippen LogP) is 4.28. The summed E-state index contributed by atoms with van der Waals surface area (Å²) in [7, 11) is 0. The quantitative estimate of drug-likeness (QED) is 0.858. The maximum atomic E-state index is 13.5. The van der Waals surface area contributed by atoms with Gasteiger partial charge in [-0.25, -0.2) is 13.2 Å². The average Bonchev–Trinajstić information content (AvgIpc) is 2.35. The third-order valence-electron chi connectivity index (χ3n) is 2.65. The number of benzene rings is 2. The lowest BCUT2D eigenvalue weighted by Crippen LogP contribution is -2.09.